The normalized spacial score (nSPS) is 13.2. The van der Waals surface area contributed by atoms with Crippen molar-refractivity contribution in [3.8, 4) is 0 Å². The number of rotatable bonds is 5. The Morgan fingerprint density at radius 2 is 1.76 bits per heavy atom. The van der Waals surface area contributed by atoms with Crippen LogP contribution in [0, 0.1) is 5.82 Å². The van der Waals surface area contributed by atoms with Crippen LogP contribution in [0.3, 0.4) is 0 Å². The second-order valence-corrected chi connectivity index (χ2v) is 6.31. The molecule has 1 aliphatic carbocycles. The first kappa shape index (κ1) is 17.0. The van der Waals surface area contributed by atoms with Gasteiger partial charge in [0, 0.05) is 31.5 Å². The van der Waals surface area contributed by atoms with E-state index in [1.54, 1.807) is 24.3 Å². The van der Waals surface area contributed by atoms with Crippen molar-refractivity contribution in [1.82, 2.24) is 5.32 Å². The molecule has 3 rings (SSSR count). The molecule has 5 nitrogen and oxygen atoms in total. The predicted octanol–water partition coefficient (Wildman–Crippen LogP) is 3.04. The maximum absolute atomic E-state index is 13.7. The lowest BCUT2D eigenvalue weighted by Crippen LogP contribution is -2.27. The number of anilines is 2. The summed E-state index contributed by atoms with van der Waals surface area (Å²) in [7, 11) is 3.70. The zero-order valence-corrected chi connectivity index (χ0v) is 14.2. The summed E-state index contributed by atoms with van der Waals surface area (Å²) in [6, 6.07) is 11.1. The van der Waals surface area contributed by atoms with E-state index in [0.717, 1.165) is 18.5 Å². The number of hydrogen-bond donors (Lipinski definition) is 2. The molecule has 0 heterocycles. The number of halogens is 1. The highest BCUT2D eigenvalue weighted by Crippen LogP contribution is 2.26. The van der Waals surface area contributed by atoms with Gasteiger partial charge in [-0.3, -0.25) is 9.59 Å². The monoisotopic (exact) mass is 341 g/mol. The summed E-state index contributed by atoms with van der Waals surface area (Å²) in [6.07, 6.45) is 1.99. The first-order valence-corrected chi connectivity index (χ1v) is 8.14. The zero-order chi connectivity index (χ0) is 18.0. The smallest absolute Gasteiger partial charge is 0.258 e. The highest BCUT2D eigenvalue weighted by molar-refractivity contribution is 6.06. The molecule has 0 spiro atoms. The van der Waals surface area contributed by atoms with Crippen molar-refractivity contribution in [2.75, 3.05) is 24.3 Å². The zero-order valence-electron chi connectivity index (χ0n) is 14.2. The fourth-order valence-corrected chi connectivity index (χ4v) is 2.52. The summed E-state index contributed by atoms with van der Waals surface area (Å²) >= 11 is 0. The highest BCUT2D eigenvalue weighted by Gasteiger charge is 2.25. The number of carbonyl (C=O) groups is 2. The van der Waals surface area contributed by atoms with E-state index < -0.39 is 11.7 Å². The van der Waals surface area contributed by atoms with Crippen molar-refractivity contribution < 1.29 is 14.0 Å². The second kappa shape index (κ2) is 6.93. The van der Waals surface area contributed by atoms with Crippen LogP contribution in [-0.2, 0) is 0 Å². The number of nitrogens with zero attached hydrogens (tertiary/aromatic N) is 1. The molecule has 0 aromatic heterocycles. The minimum atomic E-state index is -0.586. The summed E-state index contributed by atoms with van der Waals surface area (Å²) in [4.78, 5) is 26.6. The molecule has 130 valence electrons. The number of carbonyl (C=O) groups excluding carboxylic acids is 2. The van der Waals surface area contributed by atoms with Gasteiger partial charge in [-0.15, -0.1) is 0 Å². The molecule has 0 bridgehead atoms. The Labute approximate surface area is 145 Å². The molecule has 0 atom stereocenters. The van der Waals surface area contributed by atoms with Gasteiger partial charge in [-0.1, -0.05) is 12.1 Å². The molecule has 1 saturated carbocycles. The molecule has 2 N–H and O–H groups in total. The van der Waals surface area contributed by atoms with Crippen LogP contribution >= 0.6 is 0 Å². The summed E-state index contributed by atoms with van der Waals surface area (Å²) in [5, 5.41) is 5.60. The van der Waals surface area contributed by atoms with Crippen LogP contribution in [0.1, 0.15) is 33.6 Å². The molecule has 0 aliphatic heterocycles. The summed E-state index contributed by atoms with van der Waals surface area (Å²) in [5.41, 5.74) is 1.63. The van der Waals surface area contributed by atoms with Gasteiger partial charge in [-0.05, 0) is 43.2 Å². The highest BCUT2D eigenvalue weighted by atomic mass is 19.1. The van der Waals surface area contributed by atoms with Crippen molar-refractivity contribution in [3.05, 3.63) is 59.4 Å². The van der Waals surface area contributed by atoms with Crippen molar-refractivity contribution in [3.63, 3.8) is 0 Å². The van der Waals surface area contributed by atoms with Gasteiger partial charge in [-0.25, -0.2) is 4.39 Å². The Bertz CT molecular complexity index is 816. The molecule has 1 aliphatic rings. The summed E-state index contributed by atoms with van der Waals surface area (Å²) < 4.78 is 13.7. The Morgan fingerprint density at radius 3 is 2.40 bits per heavy atom. The van der Waals surface area contributed by atoms with E-state index in [2.05, 4.69) is 10.6 Å². The van der Waals surface area contributed by atoms with Gasteiger partial charge in [0.25, 0.3) is 11.8 Å². The molecule has 25 heavy (non-hydrogen) atoms. The number of benzene rings is 2. The SMILES string of the molecule is CN(C)c1ccc(NC(=O)c2ccccc2F)cc1C(=O)NC1CC1. The minimum absolute atomic E-state index is 0.0387. The quantitative estimate of drug-likeness (QED) is 0.879. The van der Waals surface area contributed by atoms with Crippen molar-refractivity contribution in [2.24, 2.45) is 0 Å². The Kier molecular flexibility index (Phi) is 4.70. The van der Waals surface area contributed by atoms with Gasteiger partial charge in [0.2, 0.25) is 0 Å². The maximum atomic E-state index is 13.7. The van der Waals surface area contributed by atoms with Crippen LogP contribution in [0.4, 0.5) is 15.8 Å². The van der Waals surface area contributed by atoms with Gasteiger partial charge in [-0.2, -0.15) is 0 Å². The number of nitrogens with one attached hydrogen (secondary N) is 2. The number of amides is 2. The third-order valence-electron chi connectivity index (χ3n) is 4.01. The van der Waals surface area contributed by atoms with Gasteiger partial charge >= 0.3 is 0 Å². The van der Waals surface area contributed by atoms with Crippen LogP contribution in [0.2, 0.25) is 0 Å². The fraction of sp³-hybridized carbons (Fsp3) is 0.263. The van der Waals surface area contributed by atoms with E-state index in [1.165, 1.54) is 18.2 Å². The standard InChI is InChI=1S/C19H20FN3O2/c1-23(2)17-10-9-13(11-15(17)19(25)21-12-7-8-12)22-18(24)14-5-3-4-6-16(14)20/h3-6,9-12H,7-8H2,1-2H3,(H,21,25)(H,22,24). The van der Waals surface area contributed by atoms with Gasteiger partial charge in [0.1, 0.15) is 5.82 Å². The molecule has 2 amide bonds. The topological polar surface area (TPSA) is 61.4 Å². The molecular formula is C19H20FN3O2. The first-order chi connectivity index (χ1) is 12.0. The Morgan fingerprint density at radius 1 is 1.04 bits per heavy atom. The van der Waals surface area contributed by atoms with Gasteiger partial charge < -0.3 is 15.5 Å². The Balaban J connectivity index is 1.85. The third-order valence-corrected chi connectivity index (χ3v) is 4.01. The lowest BCUT2D eigenvalue weighted by molar-refractivity contribution is 0.0950. The number of hydrogen-bond acceptors (Lipinski definition) is 3. The molecular weight excluding hydrogens is 321 g/mol. The minimum Gasteiger partial charge on any atom is -0.377 e. The van der Waals surface area contributed by atoms with E-state index in [4.69, 9.17) is 0 Å². The summed E-state index contributed by atoms with van der Waals surface area (Å²) in [6.45, 7) is 0. The lowest BCUT2D eigenvalue weighted by atomic mass is 10.1. The molecule has 0 radical (unpaired) electrons. The van der Waals surface area contributed by atoms with Crippen LogP contribution < -0.4 is 15.5 Å². The van der Waals surface area contributed by atoms with Crippen LogP contribution in [-0.4, -0.2) is 32.0 Å². The summed E-state index contributed by atoms with van der Waals surface area (Å²) in [5.74, 6) is -1.31. The van der Waals surface area contributed by atoms with E-state index in [1.807, 2.05) is 19.0 Å². The van der Waals surface area contributed by atoms with E-state index >= 15 is 0 Å². The van der Waals surface area contributed by atoms with Crippen LogP contribution in [0.25, 0.3) is 0 Å². The fourth-order valence-electron chi connectivity index (χ4n) is 2.52. The van der Waals surface area contributed by atoms with Crippen molar-refractivity contribution in [2.45, 2.75) is 18.9 Å². The first-order valence-electron chi connectivity index (χ1n) is 8.14. The molecule has 1 fully saturated rings. The Hall–Kier alpha value is -2.89. The average Bonchev–Trinajstić information content (AvgIpc) is 3.38. The molecule has 2 aromatic rings. The van der Waals surface area contributed by atoms with Crippen LogP contribution in [0.15, 0.2) is 42.5 Å². The second-order valence-electron chi connectivity index (χ2n) is 6.31. The maximum Gasteiger partial charge on any atom is 0.258 e. The van der Waals surface area contributed by atoms with Crippen molar-refractivity contribution >= 4 is 23.2 Å². The van der Waals surface area contributed by atoms with E-state index in [0.29, 0.717) is 11.3 Å². The molecule has 2 aromatic carbocycles. The van der Waals surface area contributed by atoms with E-state index in [-0.39, 0.29) is 17.5 Å². The van der Waals surface area contributed by atoms with Gasteiger partial charge in [0.15, 0.2) is 0 Å². The third kappa shape index (κ3) is 3.96. The lowest BCUT2D eigenvalue weighted by Gasteiger charge is -2.18. The predicted molar refractivity (Wildman–Crippen MR) is 95.6 cm³/mol. The van der Waals surface area contributed by atoms with Gasteiger partial charge in [0.05, 0.1) is 11.1 Å². The molecule has 0 saturated heterocycles. The van der Waals surface area contributed by atoms with E-state index in [9.17, 15) is 14.0 Å². The largest absolute Gasteiger partial charge is 0.377 e. The van der Waals surface area contributed by atoms with Crippen molar-refractivity contribution in [1.29, 1.82) is 0 Å². The average molecular weight is 341 g/mol. The van der Waals surface area contributed by atoms with Crippen LogP contribution in [0.5, 0.6) is 0 Å². The molecule has 6 heteroatoms. The molecule has 0 unspecified atom stereocenters.